The molecule has 0 aliphatic carbocycles. The lowest BCUT2D eigenvalue weighted by atomic mass is 10.1. The van der Waals surface area contributed by atoms with Gasteiger partial charge in [0.05, 0.1) is 13.0 Å². The number of aliphatic hydroxyl groups excluding tert-OH is 1. The largest absolute Gasteiger partial charge is 0.466 e. The van der Waals surface area contributed by atoms with E-state index < -0.39 is 24.1 Å². The highest BCUT2D eigenvalue weighted by Crippen LogP contribution is 2.17. The first-order chi connectivity index (χ1) is 6.13. The Kier molecular flexibility index (Phi) is 3.25. The van der Waals surface area contributed by atoms with Crippen LogP contribution in [0.2, 0.25) is 0 Å². The van der Waals surface area contributed by atoms with Crippen LogP contribution in [0.5, 0.6) is 0 Å². The molecule has 1 heterocycles. The highest BCUT2D eigenvalue weighted by molar-refractivity contribution is 5.78. The molecule has 13 heavy (non-hydrogen) atoms. The third-order valence-corrected chi connectivity index (χ3v) is 1.74. The zero-order valence-electron chi connectivity index (χ0n) is 7.36. The van der Waals surface area contributed by atoms with E-state index in [0.29, 0.717) is 6.61 Å². The van der Waals surface area contributed by atoms with Crippen LogP contribution in [0.1, 0.15) is 19.8 Å². The molecule has 0 saturated carbocycles. The van der Waals surface area contributed by atoms with Crippen LogP contribution < -0.4 is 0 Å². The number of hydrogen-bond donors (Lipinski definition) is 1. The van der Waals surface area contributed by atoms with E-state index >= 15 is 0 Å². The van der Waals surface area contributed by atoms with E-state index in [4.69, 9.17) is 9.84 Å². The van der Waals surface area contributed by atoms with Crippen LogP contribution in [-0.4, -0.2) is 35.9 Å². The number of aliphatic hydroxyl groups is 1. The molecule has 2 atom stereocenters. The predicted molar refractivity (Wildman–Crippen MR) is 41.8 cm³/mol. The highest BCUT2D eigenvalue weighted by atomic mass is 16.6. The number of esters is 2. The first kappa shape index (κ1) is 9.98. The molecule has 0 amide bonds. The molecule has 1 saturated heterocycles. The number of carbonyl (C=O) groups is 2. The number of carbonyl (C=O) groups excluding carboxylic acids is 2. The molecule has 0 radical (unpaired) electrons. The summed E-state index contributed by atoms with van der Waals surface area (Å²) in [6, 6.07) is 0. The van der Waals surface area contributed by atoms with Gasteiger partial charge in [-0.2, -0.15) is 0 Å². The van der Waals surface area contributed by atoms with Crippen molar-refractivity contribution in [2.24, 2.45) is 0 Å². The maximum Gasteiger partial charge on any atom is 0.335 e. The molecular weight excluding hydrogens is 176 g/mol. The number of hydrogen-bond acceptors (Lipinski definition) is 5. The highest BCUT2D eigenvalue weighted by Gasteiger charge is 2.34. The van der Waals surface area contributed by atoms with Crippen molar-refractivity contribution in [2.45, 2.75) is 32.0 Å². The van der Waals surface area contributed by atoms with Crippen LogP contribution >= 0.6 is 0 Å². The second kappa shape index (κ2) is 4.23. The zero-order valence-corrected chi connectivity index (χ0v) is 7.36. The smallest absolute Gasteiger partial charge is 0.335 e. The normalized spacial score (nSPS) is 27.1. The molecule has 1 rings (SSSR count). The Labute approximate surface area is 75.6 Å². The summed E-state index contributed by atoms with van der Waals surface area (Å²) in [4.78, 5) is 21.6. The fraction of sp³-hybridized carbons (Fsp3) is 0.750. The van der Waals surface area contributed by atoms with E-state index in [9.17, 15) is 9.59 Å². The molecule has 1 aliphatic rings. The minimum absolute atomic E-state index is 0.0244. The van der Waals surface area contributed by atoms with Gasteiger partial charge < -0.3 is 14.6 Å². The van der Waals surface area contributed by atoms with Crippen LogP contribution in [-0.2, 0) is 19.1 Å². The topological polar surface area (TPSA) is 72.8 Å². The first-order valence-electron chi connectivity index (χ1n) is 4.17. The van der Waals surface area contributed by atoms with Gasteiger partial charge in [-0.15, -0.1) is 0 Å². The van der Waals surface area contributed by atoms with E-state index in [-0.39, 0.29) is 12.8 Å². The van der Waals surface area contributed by atoms with Crippen LogP contribution in [0.3, 0.4) is 0 Å². The van der Waals surface area contributed by atoms with Gasteiger partial charge in [0.2, 0.25) is 0 Å². The number of rotatable bonds is 3. The zero-order chi connectivity index (χ0) is 9.84. The summed E-state index contributed by atoms with van der Waals surface area (Å²) >= 11 is 0. The van der Waals surface area contributed by atoms with Gasteiger partial charge in [0, 0.05) is 6.42 Å². The lowest BCUT2D eigenvalue weighted by Gasteiger charge is -2.06. The Morgan fingerprint density at radius 1 is 1.77 bits per heavy atom. The second-order valence-corrected chi connectivity index (χ2v) is 2.82. The molecule has 5 nitrogen and oxygen atoms in total. The molecule has 74 valence electrons. The lowest BCUT2D eigenvalue weighted by Crippen LogP contribution is -2.15. The third kappa shape index (κ3) is 2.69. The van der Waals surface area contributed by atoms with Gasteiger partial charge in [0.1, 0.15) is 6.10 Å². The minimum atomic E-state index is -1.08. The molecule has 2 unspecified atom stereocenters. The van der Waals surface area contributed by atoms with Crippen LogP contribution in [0.15, 0.2) is 0 Å². The molecule has 0 bridgehead atoms. The van der Waals surface area contributed by atoms with Gasteiger partial charge in [-0.3, -0.25) is 4.79 Å². The van der Waals surface area contributed by atoms with Crippen LogP contribution in [0, 0.1) is 0 Å². The monoisotopic (exact) mass is 188 g/mol. The van der Waals surface area contributed by atoms with E-state index in [2.05, 4.69) is 4.74 Å². The maximum absolute atomic E-state index is 10.9. The Morgan fingerprint density at radius 3 is 2.92 bits per heavy atom. The number of ether oxygens (including phenoxy) is 2. The standard InChI is InChI=1S/C8H12O5/c1-2-12-7(10)4-5-3-6(9)8(11)13-5/h5-6,9H,2-4H2,1H3. The van der Waals surface area contributed by atoms with Crippen LogP contribution in [0.4, 0.5) is 0 Å². The number of cyclic esters (lactones) is 1. The first-order valence-corrected chi connectivity index (χ1v) is 4.17. The quantitative estimate of drug-likeness (QED) is 0.611. The maximum atomic E-state index is 10.9. The van der Waals surface area contributed by atoms with Crippen molar-refractivity contribution >= 4 is 11.9 Å². The van der Waals surface area contributed by atoms with E-state index in [1.807, 2.05) is 0 Å². The molecule has 0 aromatic heterocycles. The summed E-state index contributed by atoms with van der Waals surface area (Å²) in [5.41, 5.74) is 0. The van der Waals surface area contributed by atoms with Crippen molar-refractivity contribution in [3.63, 3.8) is 0 Å². The minimum Gasteiger partial charge on any atom is -0.466 e. The molecule has 0 aromatic rings. The van der Waals surface area contributed by atoms with Crippen molar-refractivity contribution in [1.29, 1.82) is 0 Å². The van der Waals surface area contributed by atoms with Gasteiger partial charge in [0.15, 0.2) is 6.10 Å². The molecule has 1 aliphatic heterocycles. The fourth-order valence-corrected chi connectivity index (χ4v) is 1.17. The van der Waals surface area contributed by atoms with Crippen molar-refractivity contribution in [1.82, 2.24) is 0 Å². The van der Waals surface area contributed by atoms with Crippen LogP contribution in [0.25, 0.3) is 0 Å². The average molecular weight is 188 g/mol. The summed E-state index contributed by atoms with van der Waals surface area (Å²) < 4.78 is 9.36. The van der Waals surface area contributed by atoms with E-state index in [0.717, 1.165) is 0 Å². The van der Waals surface area contributed by atoms with Crippen molar-refractivity contribution in [3.05, 3.63) is 0 Å². The average Bonchev–Trinajstić information content (AvgIpc) is 2.31. The summed E-state index contributed by atoms with van der Waals surface area (Å²) in [6.07, 6.45) is -1.41. The second-order valence-electron chi connectivity index (χ2n) is 2.82. The summed E-state index contributed by atoms with van der Waals surface area (Å²) in [6.45, 7) is 2.01. The fourth-order valence-electron chi connectivity index (χ4n) is 1.17. The predicted octanol–water partition coefficient (Wildman–Crippen LogP) is -0.384. The summed E-state index contributed by atoms with van der Waals surface area (Å²) in [5, 5.41) is 8.98. The van der Waals surface area contributed by atoms with Gasteiger partial charge >= 0.3 is 11.9 Å². The van der Waals surface area contributed by atoms with Gasteiger partial charge in [-0.1, -0.05) is 0 Å². The van der Waals surface area contributed by atoms with Gasteiger partial charge in [0.25, 0.3) is 0 Å². The SMILES string of the molecule is CCOC(=O)CC1CC(O)C(=O)O1. The Balaban J connectivity index is 2.31. The van der Waals surface area contributed by atoms with Crippen molar-refractivity contribution in [3.8, 4) is 0 Å². The molecule has 1 fully saturated rings. The molecule has 1 N–H and O–H groups in total. The lowest BCUT2D eigenvalue weighted by molar-refractivity contribution is -0.151. The molecule has 5 heteroatoms. The summed E-state index contributed by atoms with van der Waals surface area (Å²) in [5.74, 6) is -1.07. The van der Waals surface area contributed by atoms with Crippen molar-refractivity contribution in [2.75, 3.05) is 6.61 Å². The van der Waals surface area contributed by atoms with Gasteiger partial charge in [-0.05, 0) is 6.92 Å². The third-order valence-electron chi connectivity index (χ3n) is 1.74. The Morgan fingerprint density at radius 2 is 2.46 bits per heavy atom. The van der Waals surface area contributed by atoms with E-state index in [1.54, 1.807) is 6.92 Å². The molecular formula is C8H12O5. The molecule has 0 spiro atoms. The van der Waals surface area contributed by atoms with Crippen molar-refractivity contribution < 1.29 is 24.2 Å². The summed E-state index contributed by atoms with van der Waals surface area (Å²) in [7, 11) is 0. The van der Waals surface area contributed by atoms with E-state index in [1.165, 1.54) is 0 Å². The van der Waals surface area contributed by atoms with Gasteiger partial charge in [-0.25, -0.2) is 4.79 Å². The Bertz CT molecular complexity index is 213. The Hall–Kier alpha value is -1.10. The molecule has 0 aromatic carbocycles.